The second kappa shape index (κ2) is 13.2. The molecule has 13 rings (SSSR count). The first-order chi connectivity index (χ1) is 29.3. The molecule has 5 heteroatoms. The Balaban J connectivity index is 0.902. The van der Waals surface area contributed by atoms with Crippen LogP contribution in [0.3, 0.4) is 0 Å². The van der Waals surface area contributed by atoms with E-state index in [4.69, 9.17) is 4.74 Å². The first-order valence-corrected chi connectivity index (χ1v) is 22.3. The molecule has 2 aliphatic heterocycles. The van der Waals surface area contributed by atoms with E-state index in [1.807, 2.05) is 0 Å². The topological polar surface area (TPSA) is 22.3 Å². The van der Waals surface area contributed by atoms with Crippen molar-refractivity contribution in [1.82, 2.24) is 9.13 Å². The fraction of sp³-hybridized carbons (Fsp3) is 0.185. The van der Waals surface area contributed by atoms with E-state index in [1.54, 1.807) is 21.6 Å². The summed E-state index contributed by atoms with van der Waals surface area (Å²) in [7, 11) is 0. The molecule has 4 heterocycles. The molecule has 0 fully saturated rings. The number of hydrogen-bond acceptors (Lipinski definition) is 3. The van der Waals surface area contributed by atoms with Crippen LogP contribution < -0.4 is 9.64 Å². The standard InChI is InChI=1S/C54H43N3OS/c1-2-12-34(13-3-1)55(37-27-31-51-45(33-37)40-15-6-10-20-50(40)58-51)35-22-24-36(25-23-35)56-46-18-8-4-14-39(46)44-32-38(26-29-48(44)56)57-47-19-9-5-17-43(47)53-49(57)30-28-42-41-16-7-11-21-52(41)59-54(42)53/h1-4,6-10,12,14-16,18-20,22-34,40,42,50,54H,5,11,13,17,21H2. The third kappa shape index (κ3) is 5.10. The number of fused-ring (bicyclic) bond motifs is 12. The summed E-state index contributed by atoms with van der Waals surface area (Å²) in [6, 6.07) is 32.2. The SMILES string of the molecule is C1=CCC(N(c2ccc(-n3c4ccccc4c4cc(-n5c6c(c7c5C=CC5C8=C(CCC=C8)SC75)CCC=C6)ccc43)cc2)c2ccc3c(c2)C2C=CC=CC2O3)C=C1. The quantitative estimate of drug-likeness (QED) is 0.174. The van der Waals surface area contributed by atoms with Gasteiger partial charge in [0.2, 0.25) is 0 Å². The summed E-state index contributed by atoms with van der Waals surface area (Å²) < 4.78 is 11.4. The number of hydrogen-bond donors (Lipinski definition) is 0. The van der Waals surface area contributed by atoms with Gasteiger partial charge in [0.25, 0.3) is 0 Å². The summed E-state index contributed by atoms with van der Waals surface area (Å²) in [5.41, 5.74) is 15.9. The molecule has 0 saturated heterocycles. The van der Waals surface area contributed by atoms with E-state index in [-0.39, 0.29) is 18.1 Å². The van der Waals surface area contributed by atoms with Crippen LogP contribution in [0.2, 0.25) is 0 Å². The summed E-state index contributed by atoms with van der Waals surface area (Å²) in [6.07, 6.45) is 37.7. The van der Waals surface area contributed by atoms with Gasteiger partial charge >= 0.3 is 0 Å². The Morgan fingerprint density at radius 2 is 1.46 bits per heavy atom. The lowest BCUT2D eigenvalue weighted by Crippen LogP contribution is -2.29. The molecule has 5 unspecified atom stereocenters. The smallest absolute Gasteiger partial charge is 0.128 e. The molecule has 6 aromatic rings. The summed E-state index contributed by atoms with van der Waals surface area (Å²) >= 11 is 2.14. The van der Waals surface area contributed by atoms with Crippen molar-refractivity contribution in [2.24, 2.45) is 5.92 Å². The Hall–Kier alpha value is -6.17. The maximum atomic E-state index is 6.34. The number of anilines is 2. The van der Waals surface area contributed by atoms with Crippen molar-refractivity contribution in [1.29, 1.82) is 0 Å². The lowest BCUT2D eigenvalue weighted by Gasteiger charge is -2.33. The number of para-hydroxylation sites is 1. The molecule has 0 spiro atoms. The van der Waals surface area contributed by atoms with Gasteiger partial charge in [0.15, 0.2) is 0 Å². The monoisotopic (exact) mass is 781 g/mol. The zero-order valence-corrected chi connectivity index (χ0v) is 33.6. The van der Waals surface area contributed by atoms with Gasteiger partial charge in [-0.1, -0.05) is 85.0 Å². The van der Waals surface area contributed by atoms with Gasteiger partial charge in [0, 0.05) is 61.9 Å². The number of ether oxygens (including phenoxy) is 1. The average Bonchev–Trinajstić information content (AvgIpc) is 4.04. The van der Waals surface area contributed by atoms with Crippen molar-refractivity contribution in [2.45, 2.75) is 55.4 Å². The van der Waals surface area contributed by atoms with Crippen LogP contribution in [0.5, 0.6) is 5.75 Å². The van der Waals surface area contributed by atoms with Crippen molar-refractivity contribution in [3.05, 3.63) is 196 Å². The predicted octanol–water partition coefficient (Wildman–Crippen LogP) is 13.6. The van der Waals surface area contributed by atoms with Gasteiger partial charge in [0.05, 0.1) is 22.8 Å². The van der Waals surface area contributed by atoms with Crippen molar-refractivity contribution in [2.75, 3.05) is 4.90 Å². The maximum Gasteiger partial charge on any atom is 0.128 e. The Morgan fingerprint density at radius 3 is 2.39 bits per heavy atom. The van der Waals surface area contributed by atoms with Crippen LogP contribution in [0.4, 0.5) is 11.4 Å². The Labute approximate surface area is 349 Å². The average molecular weight is 782 g/mol. The second-order valence-electron chi connectivity index (χ2n) is 16.8. The third-order valence-corrected chi connectivity index (χ3v) is 15.2. The van der Waals surface area contributed by atoms with E-state index in [2.05, 4.69) is 196 Å². The third-order valence-electron chi connectivity index (χ3n) is 13.7. The van der Waals surface area contributed by atoms with Crippen LogP contribution in [0.1, 0.15) is 64.9 Å². The number of allylic oxidation sites excluding steroid dienone is 10. The molecule has 2 aromatic heterocycles. The van der Waals surface area contributed by atoms with E-state index in [0.29, 0.717) is 11.2 Å². The number of thioether (sulfide) groups is 1. The molecule has 0 bridgehead atoms. The summed E-state index contributed by atoms with van der Waals surface area (Å²) in [4.78, 5) is 4.10. The van der Waals surface area contributed by atoms with E-state index in [0.717, 1.165) is 37.1 Å². The lowest BCUT2D eigenvalue weighted by molar-refractivity contribution is 0.269. The van der Waals surface area contributed by atoms with Crippen LogP contribution in [-0.4, -0.2) is 21.3 Å². The number of aromatic nitrogens is 2. The van der Waals surface area contributed by atoms with Gasteiger partial charge in [-0.3, -0.25) is 0 Å². The van der Waals surface area contributed by atoms with E-state index >= 15 is 0 Å². The van der Waals surface area contributed by atoms with Crippen molar-refractivity contribution < 1.29 is 4.74 Å². The molecule has 0 radical (unpaired) electrons. The zero-order chi connectivity index (χ0) is 38.6. The highest BCUT2D eigenvalue weighted by Crippen LogP contribution is 2.59. The Bertz CT molecular complexity index is 3010. The van der Waals surface area contributed by atoms with Crippen LogP contribution in [0, 0.1) is 5.92 Å². The molecule has 0 saturated carbocycles. The molecule has 0 N–H and O–H groups in total. The van der Waals surface area contributed by atoms with E-state index in [1.165, 1.54) is 62.2 Å². The molecule has 4 nitrogen and oxygen atoms in total. The Morgan fingerprint density at radius 1 is 0.627 bits per heavy atom. The van der Waals surface area contributed by atoms with Crippen LogP contribution in [0.15, 0.2) is 168 Å². The minimum atomic E-state index is 0.0739. The molecule has 7 aliphatic rings. The number of nitrogens with zero attached hydrogens (tertiary/aromatic N) is 3. The highest BCUT2D eigenvalue weighted by atomic mass is 32.2. The summed E-state index contributed by atoms with van der Waals surface area (Å²) in [5, 5.41) is 3.02. The van der Waals surface area contributed by atoms with Gasteiger partial charge in [0.1, 0.15) is 11.9 Å². The predicted molar refractivity (Wildman–Crippen MR) is 246 cm³/mol. The molecule has 5 atom stereocenters. The minimum Gasteiger partial charge on any atom is -0.485 e. The van der Waals surface area contributed by atoms with Crippen LogP contribution in [0.25, 0.3) is 45.3 Å². The Kier molecular flexibility index (Phi) is 7.54. The number of benzene rings is 4. The van der Waals surface area contributed by atoms with Crippen molar-refractivity contribution >= 4 is 57.1 Å². The zero-order valence-electron chi connectivity index (χ0n) is 32.7. The van der Waals surface area contributed by atoms with E-state index in [9.17, 15) is 0 Å². The van der Waals surface area contributed by atoms with Gasteiger partial charge in [-0.05, 0) is 139 Å². The van der Waals surface area contributed by atoms with Gasteiger partial charge in [-0.15, -0.1) is 11.8 Å². The van der Waals surface area contributed by atoms with Gasteiger partial charge in [-0.25, -0.2) is 0 Å². The first-order valence-electron chi connectivity index (χ1n) is 21.4. The molecule has 4 aromatic carbocycles. The molecule has 5 aliphatic carbocycles. The fourth-order valence-electron chi connectivity index (χ4n) is 11.0. The number of rotatable bonds is 5. The van der Waals surface area contributed by atoms with Gasteiger partial charge < -0.3 is 18.8 Å². The molecular formula is C54H43N3OS. The second-order valence-corrected chi connectivity index (χ2v) is 18.1. The van der Waals surface area contributed by atoms with E-state index < -0.39 is 0 Å². The summed E-state index contributed by atoms with van der Waals surface area (Å²) in [5.74, 6) is 1.71. The van der Waals surface area contributed by atoms with Crippen LogP contribution >= 0.6 is 11.8 Å². The molecule has 59 heavy (non-hydrogen) atoms. The van der Waals surface area contributed by atoms with Gasteiger partial charge in [-0.2, -0.15) is 0 Å². The highest BCUT2D eigenvalue weighted by Gasteiger charge is 2.41. The maximum absolute atomic E-state index is 6.34. The molecule has 286 valence electrons. The highest BCUT2D eigenvalue weighted by molar-refractivity contribution is 8.03. The van der Waals surface area contributed by atoms with Crippen molar-refractivity contribution in [3.63, 3.8) is 0 Å². The summed E-state index contributed by atoms with van der Waals surface area (Å²) in [6.45, 7) is 0. The largest absolute Gasteiger partial charge is 0.485 e. The minimum absolute atomic E-state index is 0.0739. The molecule has 0 amide bonds. The van der Waals surface area contributed by atoms with Crippen LogP contribution in [-0.2, 0) is 6.42 Å². The fourth-order valence-corrected chi connectivity index (χ4v) is 12.7. The van der Waals surface area contributed by atoms with Crippen molar-refractivity contribution in [3.8, 4) is 17.1 Å². The lowest BCUT2D eigenvalue weighted by atomic mass is 9.83. The first kappa shape index (κ1) is 33.8. The normalized spacial score (nSPS) is 24.0. The molecular weight excluding hydrogens is 739 g/mol.